The molecule has 4 atom stereocenters. The molecule has 2 fully saturated rings. The summed E-state index contributed by atoms with van der Waals surface area (Å²) in [7, 11) is -1.98. The molecule has 2 aliphatic rings. The highest BCUT2D eigenvalue weighted by molar-refractivity contribution is 6.74. The van der Waals surface area contributed by atoms with Crippen molar-refractivity contribution < 1.29 is 23.4 Å². The molecule has 10 nitrogen and oxygen atoms in total. The summed E-state index contributed by atoms with van der Waals surface area (Å²) in [6.07, 6.45) is 0.468. The minimum absolute atomic E-state index is 0.0886. The molecule has 0 spiro atoms. The molecular formula is C22H37N5O5Si. The van der Waals surface area contributed by atoms with E-state index in [-0.39, 0.29) is 23.2 Å². The van der Waals surface area contributed by atoms with Crippen LogP contribution >= 0.6 is 0 Å². The number of imidazole rings is 1. The van der Waals surface area contributed by atoms with Crippen molar-refractivity contribution >= 4 is 25.4 Å². The van der Waals surface area contributed by atoms with E-state index < -0.39 is 25.9 Å². The number of nitrogens with two attached hydrogens (primary N) is 1. The quantitative estimate of drug-likeness (QED) is 0.620. The van der Waals surface area contributed by atoms with Gasteiger partial charge in [0.2, 0.25) is 11.8 Å². The van der Waals surface area contributed by atoms with Crippen LogP contribution in [0.2, 0.25) is 18.1 Å². The van der Waals surface area contributed by atoms with Crippen LogP contribution in [0.1, 0.15) is 54.7 Å². The van der Waals surface area contributed by atoms with Crippen molar-refractivity contribution in [1.29, 1.82) is 0 Å². The van der Waals surface area contributed by atoms with Gasteiger partial charge in [-0.3, -0.25) is 4.57 Å². The zero-order valence-electron chi connectivity index (χ0n) is 21.1. The Kier molecular flexibility index (Phi) is 5.81. The van der Waals surface area contributed by atoms with Crippen molar-refractivity contribution in [1.82, 2.24) is 19.5 Å². The third-order valence-corrected chi connectivity index (χ3v) is 11.4. The van der Waals surface area contributed by atoms with Crippen LogP contribution in [0.4, 0.5) is 5.95 Å². The maximum atomic E-state index is 6.55. The van der Waals surface area contributed by atoms with Gasteiger partial charge < -0.3 is 29.1 Å². The highest BCUT2D eigenvalue weighted by Crippen LogP contribution is 2.52. The van der Waals surface area contributed by atoms with Crippen LogP contribution in [-0.2, 0) is 18.6 Å². The molecule has 4 heterocycles. The SMILES string of the molecule is CCOc1nc(N)nc2c1ncn2[C@@H]1O[C@H](CO[Si](C)(C)C(C)(C)C)[C@H]2OC(C)(C)O[C@]21C. The monoisotopic (exact) mass is 479 g/mol. The summed E-state index contributed by atoms with van der Waals surface area (Å²) in [5, 5.41) is 0.0886. The third kappa shape index (κ3) is 4.14. The van der Waals surface area contributed by atoms with E-state index in [1.165, 1.54) is 0 Å². The molecule has 0 unspecified atom stereocenters. The lowest BCUT2D eigenvalue weighted by molar-refractivity contribution is -0.216. The Hall–Kier alpha value is -1.79. The second-order valence-corrected chi connectivity index (χ2v) is 15.8. The fourth-order valence-corrected chi connectivity index (χ4v) is 5.35. The van der Waals surface area contributed by atoms with Crippen LogP contribution in [-0.4, -0.2) is 64.6 Å². The number of hydrogen-bond donors (Lipinski definition) is 1. The van der Waals surface area contributed by atoms with Gasteiger partial charge in [0.25, 0.3) is 0 Å². The normalized spacial score (nSPS) is 29.5. The molecule has 0 radical (unpaired) electrons. The average molecular weight is 480 g/mol. The second-order valence-electron chi connectivity index (χ2n) is 11.0. The first-order valence-corrected chi connectivity index (χ1v) is 14.4. The molecule has 2 aromatic heterocycles. The topological polar surface area (TPSA) is 116 Å². The lowest BCUT2D eigenvalue weighted by atomic mass is 9.96. The fraction of sp³-hybridized carbons (Fsp3) is 0.773. The van der Waals surface area contributed by atoms with E-state index in [0.717, 1.165) is 0 Å². The first-order chi connectivity index (χ1) is 15.2. The Bertz CT molecular complexity index is 1040. The highest BCUT2D eigenvalue weighted by Gasteiger charge is 2.64. The van der Waals surface area contributed by atoms with Gasteiger partial charge in [0.05, 0.1) is 19.5 Å². The lowest BCUT2D eigenvalue weighted by Gasteiger charge is -2.37. The van der Waals surface area contributed by atoms with Gasteiger partial charge in [-0.15, -0.1) is 0 Å². The molecule has 0 aliphatic carbocycles. The van der Waals surface area contributed by atoms with Gasteiger partial charge >= 0.3 is 0 Å². The molecule has 4 rings (SSSR count). The number of ether oxygens (including phenoxy) is 4. The van der Waals surface area contributed by atoms with Crippen LogP contribution in [0, 0.1) is 0 Å². The maximum absolute atomic E-state index is 6.55. The fourth-order valence-electron chi connectivity index (χ4n) is 4.33. The average Bonchev–Trinajstić information content (AvgIpc) is 3.26. The lowest BCUT2D eigenvalue weighted by Crippen LogP contribution is -2.46. The van der Waals surface area contributed by atoms with Crippen LogP contribution < -0.4 is 10.5 Å². The standard InChI is InChI=1S/C22H37N5O5Si/c1-10-28-17-14-16(25-19(23)26-17)27(12-24-14)18-22(7)15(31-21(5,6)32-22)13(30-18)11-29-33(8,9)20(2,3)4/h12-13,15,18H,10-11H2,1-9H3,(H2,23,25,26)/t13-,15-,18-,22-/m1/s1. The number of nitrogens with zero attached hydrogens (tertiary/aromatic N) is 4. The van der Waals surface area contributed by atoms with Gasteiger partial charge in [0.1, 0.15) is 17.8 Å². The third-order valence-electron chi connectivity index (χ3n) is 6.93. The maximum Gasteiger partial charge on any atom is 0.247 e. The zero-order valence-corrected chi connectivity index (χ0v) is 22.1. The Morgan fingerprint density at radius 2 is 1.91 bits per heavy atom. The van der Waals surface area contributed by atoms with E-state index in [4.69, 9.17) is 29.1 Å². The van der Waals surface area contributed by atoms with Crippen LogP contribution in [0.5, 0.6) is 5.88 Å². The molecule has 2 aliphatic heterocycles. The smallest absolute Gasteiger partial charge is 0.247 e. The van der Waals surface area contributed by atoms with Crippen LogP contribution in [0.15, 0.2) is 6.33 Å². The number of anilines is 1. The van der Waals surface area contributed by atoms with Gasteiger partial charge in [-0.25, -0.2) is 4.98 Å². The minimum Gasteiger partial charge on any atom is -0.476 e. The first-order valence-electron chi connectivity index (χ1n) is 11.5. The van der Waals surface area contributed by atoms with E-state index in [1.807, 2.05) is 32.3 Å². The predicted octanol–water partition coefficient (Wildman–Crippen LogP) is 3.64. The van der Waals surface area contributed by atoms with E-state index >= 15 is 0 Å². The summed E-state index contributed by atoms with van der Waals surface area (Å²) in [5.74, 6) is -0.313. The van der Waals surface area contributed by atoms with Crippen molar-refractivity contribution in [2.24, 2.45) is 0 Å². The van der Waals surface area contributed by atoms with Gasteiger partial charge in [-0.2, -0.15) is 9.97 Å². The summed E-state index contributed by atoms with van der Waals surface area (Å²) in [6.45, 7) is 19.7. The molecule has 2 aromatic rings. The van der Waals surface area contributed by atoms with Crippen molar-refractivity contribution in [3.05, 3.63) is 6.33 Å². The minimum atomic E-state index is -1.98. The molecule has 0 aromatic carbocycles. The van der Waals surface area contributed by atoms with Gasteiger partial charge in [-0.05, 0) is 45.8 Å². The molecular weight excluding hydrogens is 442 g/mol. The molecule has 0 amide bonds. The summed E-state index contributed by atoms with van der Waals surface area (Å²) in [4.78, 5) is 13.1. The van der Waals surface area contributed by atoms with Crippen LogP contribution in [0.25, 0.3) is 11.2 Å². The number of hydrogen-bond acceptors (Lipinski definition) is 9. The van der Waals surface area contributed by atoms with Crippen molar-refractivity contribution in [2.45, 2.75) is 96.4 Å². The van der Waals surface area contributed by atoms with Crippen molar-refractivity contribution in [2.75, 3.05) is 18.9 Å². The zero-order chi connectivity index (χ0) is 24.4. The molecule has 0 saturated carbocycles. The number of nitrogen functional groups attached to an aromatic ring is 1. The molecule has 2 N–H and O–H groups in total. The second kappa shape index (κ2) is 7.87. The Balaban J connectivity index is 1.71. The largest absolute Gasteiger partial charge is 0.476 e. The Morgan fingerprint density at radius 3 is 2.55 bits per heavy atom. The Morgan fingerprint density at radius 1 is 1.21 bits per heavy atom. The molecule has 2 saturated heterocycles. The highest BCUT2D eigenvalue weighted by atomic mass is 28.4. The van der Waals surface area contributed by atoms with E-state index in [0.29, 0.717) is 30.3 Å². The van der Waals surface area contributed by atoms with E-state index in [2.05, 4.69) is 48.8 Å². The summed E-state index contributed by atoms with van der Waals surface area (Å²) in [6, 6.07) is 0. The molecule has 11 heteroatoms. The number of rotatable bonds is 6. The number of fused-ring (bicyclic) bond motifs is 2. The summed E-state index contributed by atoms with van der Waals surface area (Å²) < 4.78 is 33.3. The van der Waals surface area contributed by atoms with Crippen molar-refractivity contribution in [3.63, 3.8) is 0 Å². The molecule has 33 heavy (non-hydrogen) atoms. The van der Waals surface area contributed by atoms with Gasteiger partial charge in [-0.1, -0.05) is 20.8 Å². The van der Waals surface area contributed by atoms with Crippen LogP contribution in [0.3, 0.4) is 0 Å². The van der Waals surface area contributed by atoms with Gasteiger partial charge in [0, 0.05) is 0 Å². The Labute approximate surface area is 196 Å². The summed E-state index contributed by atoms with van der Waals surface area (Å²) in [5.41, 5.74) is 6.23. The first kappa shape index (κ1) is 24.3. The predicted molar refractivity (Wildman–Crippen MR) is 126 cm³/mol. The summed E-state index contributed by atoms with van der Waals surface area (Å²) >= 11 is 0. The molecule has 184 valence electrons. The number of aromatic nitrogens is 4. The van der Waals surface area contributed by atoms with Gasteiger partial charge in [0.15, 0.2) is 31.5 Å². The van der Waals surface area contributed by atoms with Crippen molar-refractivity contribution in [3.8, 4) is 5.88 Å². The van der Waals surface area contributed by atoms with E-state index in [9.17, 15) is 0 Å². The van der Waals surface area contributed by atoms with E-state index in [1.54, 1.807) is 6.33 Å². The molecule has 0 bridgehead atoms.